The van der Waals surface area contributed by atoms with E-state index in [2.05, 4.69) is 34.4 Å². The zero-order valence-corrected chi connectivity index (χ0v) is 13.5. The number of rotatable bonds is 5. The lowest BCUT2D eigenvalue weighted by atomic mass is 10.1. The summed E-state index contributed by atoms with van der Waals surface area (Å²) in [4.78, 5) is 20.6. The first-order valence-electron chi connectivity index (χ1n) is 7.41. The third-order valence-electron chi connectivity index (χ3n) is 3.31. The van der Waals surface area contributed by atoms with Crippen LogP contribution in [0.4, 0.5) is 11.5 Å². The van der Waals surface area contributed by atoms with Crippen molar-refractivity contribution in [2.75, 3.05) is 17.2 Å². The molecule has 5 heteroatoms. The van der Waals surface area contributed by atoms with Crippen molar-refractivity contribution in [3.8, 4) is 0 Å². The summed E-state index contributed by atoms with van der Waals surface area (Å²) in [5.74, 6) is 0.935. The van der Waals surface area contributed by atoms with Crippen molar-refractivity contribution < 1.29 is 4.79 Å². The van der Waals surface area contributed by atoms with Crippen molar-refractivity contribution in [3.63, 3.8) is 0 Å². The van der Waals surface area contributed by atoms with Gasteiger partial charge in [0.1, 0.15) is 17.8 Å². The normalized spacial score (nSPS) is 10.6. The molecule has 0 radical (unpaired) electrons. The van der Waals surface area contributed by atoms with Gasteiger partial charge in [0.2, 0.25) is 0 Å². The molecule has 2 N–H and O–H groups in total. The molecule has 1 aromatic heterocycles. The van der Waals surface area contributed by atoms with Crippen LogP contribution in [0.15, 0.2) is 30.6 Å². The van der Waals surface area contributed by atoms with Gasteiger partial charge >= 0.3 is 0 Å². The van der Waals surface area contributed by atoms with E-state index in [9.17, 15) is 4.79 Å². The summed E-state index contributed by atoms with van der Waals surface area (Å²) in [6.45, 7) is 8.97. The second-order valence-corrected chi connectivity index (χ2v) is 5.78. The second kappa shape index (κ2) is 7.02. The Balaban J connectivity index is 2.14. The first-order chi connectivity index (χ1) is 10.5. The highest BCUT2D eigenvalue weighted by Gasteiger charge is 2.12. The van der Waals surface area contributed by atoms with E-state index in [-0.39, 0.29) is 5.91 Å². The first kappa shape index (κ1) is 15.9. The van der Waals surface area contributed by atoms with Crippen molar-refractivity contribution in [2.24, 2.45) is 5.92 Å². The first-order valence-corrected chi connectivity index (χ1v) is 7.41. The number of aromatic nitrogens is 2. The summed E-state index contributed by atoms with van der Waals surface area (Å²) >= 11 is 0. The van der Waals surface area contributed by atoms with Crippen LogP contribution in [0.2, 0.25) is 0 Å². The lowest BCUT2D eigenvalue weighted by molar-refractivity contribution is 0.102. The smallest absolute Gasteiger partial charge is 0.274 e. The van der Waals surface area contributed by atoms with E-state index >= 15 is 0 Å². The van der Waals surface area contributed by atoms with Crippen LogP contribution in [-0.4, -0.2) is 22.4 Å². The van der Waals surface area contributed by atoms with Gasteiger partial charge in [0.15, 0.2) is 0 Å². The molecule has 0 fully saturated rings. The molecule has 1 aromatic carbocycles. The van der Waals surface area contributed by atoms with Gasteiger partial charge in [-0.25, -0.2) is 9.97 Å². The van der Waals surface area contributed by atoms with Crippen molar-refractivity contribution in [1.82, 2.24) is 9.97 Å². The summed E-state index contributed by atoms with van der Waals surface area (Å²) in [6, 6.07) is 7.58. The minimum absolute atomic E-state index is 0.229. The van der Waals surface area contributed by atoms with Crippen molar-refractivity contribution >= 4 is 17.4 Å². The van der Waals surface area contributed by atoms with E-state index in [0.717, 1.165) is 23.4 Å². The number of aryl methyl sites for hydroxylation is 2. The van der Waals surface area contributed by atoms with Crippen LogP contribution in [0.25, 0.3) is 0 Å². The van der Waals surface area contributed by atoms with Crippen LogP contribution in [-0.2, 0) is 0 Å². The Morgan fingerprint density at radius 1 is 1.18 bits per heavy atom. The van der Waals surface area contributed by atoms with Crippen LogP contribution < -0.4 is 10.6 Å². The average molecular weight is 298 g/mol. The molecule has 22 heavy (non-hydrogen) atoms. The van der Waals surface area contributed by atoms with Gasteiger partial charge in [0.05, 0.1) is 0 Å². The van der Waals surface area contributed by atoms with Crippen LogP contribution in [0, 0.1) is 19.8 Å². The summed E-state index contributed by atoms with van der Waals surface area (Å²) in [5.41, 5.74) is 3.24. The van der Waals surface area contributed by atoms with Crippen LogP contribution >= 0.6 is 0 Å². The fourth-order valence-electron chi connectivity index (χ4n) is 2.08. The maximum absolute atomic E-state index is 12.4. The van der Waals surface area contributed by atoms with E-state index in [0.29, 0.717) is 17.4 Å². The van der Waals surface area contributed by atoms with Crippen LogP contribution in [0.1, 0.15) is 35.5 Å². The van der Waals surface area contributed by atoms with Crippen LogP contribution in [0.3, 0.4) is 0 Å². The van der Waals surface area contributed by atoms with E-state index in [1.165, 1.54) is 6.33 Å². The predicted molar refractivity (Wildman–Crippen MR) is 89.2 cm³/mol. The monoisotopic (exact) mass is 298 g/mol. The molecule has 1 amide bonds. The molecule has 0 aliphatic carbocycles. The van der Waals surface area contributed by atoms with Gasteiger partial charge < -0.3 is 10.6 Å². The second-order valence-electron chi connectivity index (χ2n) is 5.78. The molecule has 0 aliphatic heterocycles. The van der Waals surface area contributed by atoms with E-state index in [1.54, 1.807) is 6.07 Å². The lowest BCUT2D eigenvalue weighted by Crippen LogP contribution is -2.16. The van der Waals surface area contributed by atoms with E-state index < -0.39 is 0 Å². The predicted octanol–water partition coefficient (Wildman–Crippen LogP) is 3.41. The fraction of sp³-hybridized carbons (Fsp3) is 0.353. The van der Waals surface area contributed by atoms with Crippen molar-refractivity contribution in [3.05, 3.63) is 47.4 Å². The fourth-order valence-corrected chi connectivity index (χ4v) is 2.08. The molecule has 116 valence electrons. The maximum atomic E-state index is 12.4. The SMILES string of the molecule is Cc1cccc(C)c1NC(=O)c1cc(NCC(C)C)ncn1. The molecule has 0 atom stereocenters. The topological polar surface area (TPSA) is 66.9 Å². The Hall–Kier alpha value is -2.43. The molecule has 1 heterocycles. The number of hydrogen-bond donors (Lipinski definition) is 2. The molecular formula is C17H22N4O. The molecule has 0 spiro atoms. The molecule has 0 saturated heterocycles. The number of carbonyl (C=O) groups is 1. The van der Waals surface area contributed by atoms with Gasteiger partial charge in [0.25, 0.3) is 5.91 Å². The number of para-hydroxylation sites is 1. The van der Waals surface area contributed by atoms with Gasteiger partial charge in [-0.3, -0.25) is 4.79 Å². The highest BCUT2D eigenvalue weighted by atomic mass is 16.1. The number of carbonyl (C=O) groups excluding carboxylic acids is 1. The van der Waals surface area contributed by atoms with E-state index in [1.807, 2.05) is 32.0 Å². The molecular weight excluding hydrogens is 276 g/mol. The van der Waals surface area contributed by atoms with Gasteiger partial charge in [-0.15, -0.1) is 0 Å². The summed E-state index contributed by atoms with van der Waals surface area (Å²) < 4.78 is 0. The third-order valence-corrected chi connectivity index (χ3v) is 3.31. The molecule has 2 rings (SSSR count). The lowest BCUT2D eigenvalue weighted by Gasteiger charge is -2.12. The van der Waals surface area contributed by atoms with Crippen molar-refractivity contribution in [2.45, 2.75) is 27.7 Å². The van der Waals surface area contributed by atoms with Crippen LogP contribution in [0.5, 0.6) is 0 Å². The quantitative estimate of drug-likeness (QED) is 0.887. The Morgan fingerprint density at radius 3 is 2.50 bits per heavy atom. The average Bonchev–Trinajstić information content (AvgIpc) is 2.49. The number of nitrogens with zero attached hydrogens (tertiary/aromatic N) is 2. The minimum Gasteiger partial charge on any atom is -0.370 e. The Morgan fingerprint density at radius 2 is 1.86 bits per heavy atom. The van der Waals surface area contributed by atoms with Gasteiger partial charge in [-0.1, -0.05) is 32.0 Å². The largest absolute Gasteiger partial charge is 0.370 e. The molecule has 0 bridgehead atoms. The summed E-state index contributed by atoms with van der Waals surface area (Å²) in [7, 11) is 0. The number of benzene rings is 1. The number of anilines is 2. The molecule has 5 nitrogen and oxygen atoms in total. The molecule has 2 aromatic rings. The standard InChI is InChI=1S/C17H22N4O/c1-11(2)9-18-15-8-14(19-10-20-15)17(22)21-16-12(3)6-5-7-13(16)4/h5-8,10-11H,9H2,1-4H3,(H,21,22)(H,18,19,20). The Kier molecular flexibility index (Phi) is 5.09. The highest BCUT2D eigenvalue weighted by molar-refractivity contribution is 6.04. The molecule has 0 unspecified atom stereocenters. The van der Waals surface area contributed by atoms with Crippen molar-refractivity contribution in [1.29, 1.82) is 0 Å². The number of amides is 1. The minimum atomic E-state index is -0.229. The van der Waals surface area contributed by atoms with E-state index in [4.69, 9.17) is 0 Å². The Labute approximate surface area is 131 Å². The zero-order valence-electron chi connectivity index (χ0n) is 13.5. The third kappa shape index (κ3) is 4.04. The highest BCUT2D eigenvalue weighted by Crippen LogP contribution is 2.20. The molecule has 0 saturated carbocycles. The number of nitrogens with one attached hydrogen (secondary N) is 2. The zero-order chi connectivity index (χ0) is 16.1. The van der Waals surface area contributed by atoms with Gasteiger partial charge in [0, 0.05) is 18.3 Å². The number of hydrogen-bond acceptors (Lipinski definition) is 4. The maximum Gasteiger partial charge on any atom is 0.274 e. The van der Waals surface area contributed by atoms with Gasteiger partial charge in [-0.2, -0.15) is 0 Å². The summed E-state index contributed by atoms with van der Waals surface area (Å²) in [6.07, 6.45) is 1.41. The molecule has 0 aliphatic rings. The summed E-state index contributed by atoms with van der Waals surface area (Å²) in [5, 5.41) is 6.12. The Bertz CT molecular complexity index is 647. The van der Waals surface area contributed by atoms with Gasteiger partial charge in [-0.05, 0) is 30.9 Å².